The molecule has 1 aromatic heterocycles. The molecule has 0 saturated carbocycles. The number of nitrogens with one attached hydrogen (secondary N) is 1. The maximum Gasteiger partial charge on any atom is 0.356 e. The fourth-order valence-electron chi connectivity index (χ4n) is 1.87. The molecule has 1 heterocycles. The molecule has 9 nitrogen and oxygen atoms in total. The van der Waals surface area contributed by atoms with Gasteiger partial charge in [0.05, 0.1) is 24.8 Å². The lowest BCUT2D eigenvalue weighted by Gasteiger charge is -2.10. The highest BCUT2D eigenvalue weighted by molar-refractivity contribution is 6.04. The van der Waals surface area contributed by atoms with Crippen LogP contribution in [0.1, 0.15) is 21.0 Å². The van der Waals surface area contributed by atoms with Crippen LogP contribution in [0, 0.1) is 10.1 Å². The first-order valence-corrected chi connectivity index (χ1v) is 6.65. The third-order valence-electron chi connectivity index (χ3n) is 3.02. The molecule has 0 spiro atoms. The van der Waals surface area contributed by atoms with Crippen molar-refractivity contribution in [3.8, 4) is 5.75 Å². The van der Waals surface area contributed by atoms with Gasteiger partial charge in [0.1, 0.15) is 17.1 Å². The highest BCUT2D eigenvalue weighted by Gasteiger charge is 2.17. The van der Waals surface area contributed by atoms with Gasteiger partial charge in [-0.25, -0.2) is 9.78 Å². The van der Waals surface area contributed by atoms with E-state index in [0.29, 0.717) is 0 Å². The number of ether oxygens (including phenoxy) is 2. The predicted octanol–water partition coefficient (Wildman–Crippen LogP) is 2.04. The fourth-order valence-corrected chi connectivity index (χ4v) is 1.87. The van der Waals surface area contributed by atoms with Gasteiger partial charge in [-0.15, -0.1) is 0 Å². The predicted molar refractivity (Wildman–Crippen MR) is 83.2 cm³/mol. The van der Waals surface area contributed by atoms with E-state index in [4.69, 9.17) is 4.74 Å². The number of carbonyl (C=O) groups is 2. The lowest BCUT2D eigenvalue weighted by Crippen LogP contribution is -2.16. The number of rotatable bonds is 5. The normalized spacial score (nSPS) is 9.92. The summed E-state index contributed by atoms with van der Waals surface area (Å²) in [6.07, 6.45) is 0. The molecule has 0 bridgehead atoms. The number of methoxy groups -OCH3 is 2. The number of nitrogens with zero attached hydrogens (tertiary/aromatic N) is 2. The number of amides is 1. The van der Waals surface area contributed by atoms with Crippen LogP contribution in [0.15, 0.2) is 36.4 Å². The highest BCUT2D eigenvalue weighted by Crippen LogP contribution is 2.29. The summed E-state index contributed by atoms with van der Waals surface area (Å²) in [6, 6.07) is 8.05. The largest absolute Gasteiger partial charge is 0.495 e. The van der Waals surface area contributed by atoms with E-state index in [1.807, 2.05) is 0 Å². The van der Waals surface area contributed by atoms with Crippen molar-refractivity contribution in [3.05, 3.63) is 57.9 Å². The molecule has 1 N–H and O–H groups in total. The average Bonchev–Trinajstić information content (AvgIpc) is 2.60. The number of non-ortho nitro benzene ring substituents is 1. The van der Waals surface area contributed by atoms with E-state index in [0.717, 1.165) is 0 Å². The Kier molecular flexibility index (Phi) is 5.05. The topological polar surface area (TPSA) is 121 Å². The second-order valence-electron chi connectivity index (χ2n) is 4.50. The van der Waals surface area contributed by atoms with Crippen LogP contribution >= 0.6 is 0 Å². The van der Waals surface area contributed by atoms with Gasteiger partial charge in [-0.1, -0.05) is 6.07 Å². The van der Waals surface area contributed by atoms with Crippen molar-refractivity contribution < 1.29 is 24.0 Å². The smallest absolute Gasteiger partial charge is 0.356 e. The van der Waals surface area contributed by atoms with Gasteiger partial charge in [-0.05, 0) is 18.2 Å². The molecule has 0 saturated heterocycles. The van der Waals surface area contributed by atoms with E-state index in [-0.39, 0.29) is 28.5 Å². The quantitative estimate of drug-likeness (QED) is 0.505. The van der Waals surface area contributed by atoms with Crippen LogP contribution in [0.25, 0.3) is 0 Å². The summed E-state index contributed by atoms with van der Waals surface area (Å²) < 4.78 is 9.60. The van der Waals surface area contributed by atoms with Crippen molar-refractivity contribution in [1.82, 2.24) is 4.98 Å². The van der Waals surface area contributed by atoms with E-state index < -0.39 is 16.8 Å². The second kappa shape index (κ2) is 7.18. The zero-order valence-corrected chi connectivity index (χ0v) is 12.8. The minimum atomic E-state index is -0.683. The summed E-state index contributed by atoms with van der Waals surface area (Å²) in [6.45, 7) is 0. The number of nitro benzene ring substituents is 1. The van der Waals surface area contributed by atoms with Gasteiger partial charge in [-0.3, -0.25) is 14.9 Å². The lowest BCUT2D eigenvalue weighted by atomic mass is 10.2. The Morgan fingerprint density at radius 1 is 1.17 bits per heavy atom. The maximum atomic E-state index is 12.3. The zero-order chi connectivity index (χ0) is 17.7. The molecule has 2 aromatic rings. The number of hydrogen-bond donors (Lipinski definition) is 1. The summed E-state index contributed by atoms with van der Waals surface area (Å²) >= 11 is 0. The molecule has 0 aliphatic rings. The fraction of sp³-hybridized carbons (Fsp3) is 0.133. The van der Waals surface area contributed by atoms with Crippen molar-refractivity contribution in [1.29, 1.82) is 0 Å². The Morgan fingerprint density at radius 2 is 1.88 bits per heavy atom. The van der Waals surface area contributed by atoms with Gasteiger partial charge in [0.15, 0.2) is 0 Å². The minimum Gasteiger partial charge on any atom is -0.495 e. The summed E-state index contributed by atoms with van der Waals surface area (Å²) in [5.74, 6) is -1.09. The number of esters is 1. The van der Waals surface area contributed by atoms with Crippen LogP contribution < -0.4 is 10.1 Å². The van der Waals surface area contributed by atoms with E-state index >= 15 is 0 Å². The molecule has 1 aromatic carbocycles. The molecule has 124 valence electrons. The average molecular weight is 331 g/mol. The molecular weight excluding hydrogens is 318 g/mol. The third kappa shape index (κ3) is 3.64. The first-order valence-electron chi connectivity index (χ1n) is 6.65. The number of nitro groups is 1. The molecule has 24 heavy (non-hydrogen) atoms. The van der Waals surface area contributed by atoms with Gasteiger partial charge in [0, 0.05) is 12.1 Å². The van der Waals surface area contributed by atoms with E-state index in [2.05, 4.69) is 15.0 Å². The van der Waals surface area contributed by atoms with Crippen LogP contribution in [0.4, 0.5) is 11.4 Å². The monoisotopic (exact) mass is 331 g/mol. The van der Waals surface area contributed by atoms with Crippen LogP contribution in [-0.2, 0) is 4.74 Å². The first kappa shape index (κ1) is 16.9. The Bertz CT molecular complexity index is 806. The van der Waals surface area contributed by atoms with Crippen LogP contribution in [0.2, 0.25) is 0 Å². The summed E-state index contributed by atoms with van der Waals surface area (Å²) in [5.41, 5.74) is -0.174. The van der Waals surface area contributed by atoms with Crippen LogP contribution in [0.5, 0.6) is 5.75 Å². The maximum absolute atomic E-state index is 12.3. The van der Waals surface area contributed by atoms with Crippen molar-refractivity contribution in [2.45, 2.75) is 0 Å². The SMILES string of the molecule is COC(=O)c1cccc(C(=O)Nc2cc([N+](=O)[O-])ccc2OC)n1. The molecule has 2 rings (SSSR count). The molecule has 0 fully saturated rings. The molecular formula is C15H13N3O6. The van der Waals surface area contributed by atoms with Gasteiger partial charge < -0.3 is 14.8 Å². The lowest BCUT2D eigenvalue weighted by molar-refractivity contribution is -0.384. The number of aromatic nitrogens is 1. The third-order valence-corrected chi connectivity index (χ3v) is 3.02. The summed E-state index contributed by atoms with van der Waals surface area (Å²) in [5, 5.41) is 13.3. The standard InChI is InChI=1S/C15H13N3O6/c1-23-13-7-6-9(18(21)22)8-12(13)17-14(19)10-4-3-5-11(16-10)15(20)24-2/h3-8H,1-2H3,(H,17,19). The number of benzene rings is 1. The molecule has 0 atom stereocenters. The zero-order valence-electron chi connectivity index (χ0n) is 12.8. The number of carbonyl (C=O) groups excluding carboxylic acids is 2. The number of pyridine rings is 1. The number of hydrogen-bond acceptors (Lipinski definition) is 7. The first-order chi connectivity index (χ1) is 11.5. The van der Waals surface area contributed by atoms with Gasteiger partial charge in [0.25, 0.3) is 11.6 Å². The molecule has 0 radical (unpaired) electrons. The van der Waals surface area contributed by atoms with Crippen molar-refractivity contribution in [2.75, 3.05) is 19.5 Å². The summed E-state index contributed by atoms with van der Waals surface area (Å²) in [4.78, 5) is 37.9. The molecule has 9 heteroatoms. The Morgan fingerprint density at radius 3 is 2.50 bits per heavy atom. The summed E-state index contributed by atoms with van der Waals surface area (Å²) in [7, 11) is 2.57. The van der Waals surface area contributed by atoms with Crippen LogP contribution in [0.3, 0.4) is 0 Å². The van der Waals surface area contributed by atoms with E-state index in [9.17, 15) is 19.7 Å². The van der Waals surface area contributed by atoms with E-state index in [1.54, 1.807) is 0 Å². The minimum absolute atomic E-state index is 0.0313. The van der Waals surface area contributed by atoms with Crippen molar-refractivity contribution >= 4 is 23.3 Å². The molecule has 0 aliphatic carbocycles. The van der Waals surface area contributed by atoms with Gasteiger partial charge in [0.2, 0.25) is 0 Å². The Hall–Kier alpha value is -3.49. The van der Waals surface area contributed by atoms with Crippen molar-refractivity contribution in [3.63, 3.8) is 0 Å². The van der Waals surface area contributed by atoms with Crippen LogP contribution in [-0.4, -0.2) is 36.0 Å². The highest BCUT2D eigenvalue weighted by atomic mass is 16.6. The van der Waals surface area contributed by atoms with Gasteiger partial charge >= 0.3 is 5.97 Å². The molecule has 1 amide bonds. The Labute approximate surface area is 136 Å². The van der Waals surface area contributed by atoms with Gasteiger partial charge in [-0.2, -0.15) is 0 Å². The molecule has 0 aliphatic heterocycles. The number of anilines is 1. The van der Waals surface area contributed by atoms with E-state index in [1.165, 1.54) is 50.6 Å². The van der Waals surface area contributed by atoms with Crippen molar-refractivity contribution in [2.24, 2.45) is 0 Å². The molecule has 0 unspecified atom stereocenters. The Balaban J connectivity index is 2.31. The second-order valence-corrected chi connectivity index (χ2v) is 4.50.